The number of amides is 1. The molecule has 0 saturated heterocycles. The number of ether oxygens (including phenoxy) is 1. The van der Waals surface area contributed by atoms with Crippen molar-refractivity contribution in [1.29, 1.82) is 0 Å². The number of hydrogen-bond acceptors (Lipinski definition) is 4. The third-order valence-corrected chi connectivity index (χ3v) is 5.27. The molecule has 31 heavy (non-hydrogen) atoms. The Labute approximate surface area is 182 Å². The van der Waals surface area contributed by atoms with Crippen LogP contribution < -0.4 is 10.9 Å². The van der Waals surface area contributed by atoms with Crippen molar-refractivity contribution in [2.24, 2.45) is 5.92 Å². The van der Waals surface area contributed by atoms with E-state index in [-0.39, 0.29) is 23.8 Å². The highest BCUT2D eigenvalue weighted by molar-refractivity contribution is 5.96. The van der Waals surface area contributed by atoms with Gasteiger partial charge in [-0.2, -0.15) is 0 Å². The summed E-state index contributed by atoms with van der Waals surface area (Å²) in [6.45, 7) is 7.80. The Kier molecular flexibility index (Phi) is 8.54. The van der Waals surface area contributed by atoms with E-state index in [0.717, 1.165) is 23.2 Å². The van der Waals surface area contributed by atoms with Crippen LogP contribution in [0.2, 0.25) is 0 Å². The van der Waals surface area contributed by atoms with Crippen LogP contribution in [0.1, 0.15) is 61.3 Å². The van der Waals surface area contributed by atoms with E-state index in [1.807, 2.05) is 13.8 Å². The minimum Gasteiger partial charge on any atom is -0.467 e. The number of nitrogens with zero attached hydrogens (tertiary/aromatic N) is 1. The summed E-state index contributed by atoms with van der Waals surface area (Å²) in [6.07, 6.45) is 2.15. The highest BCUT2D eigenvalue weighted by atomic mass is 19.1. The number of methoxy groups -OCH3 is 1. The Morgan fingerprint density at radius 1 is 1.16 bits per heavy atom. The fourth-order valence-corrected chi connectivity index (χ4v) is 3.55. The van der Waals surface area contributed by atoms with Crippen molar-refractivity contribution in [3.63, 3.8) is 0 Å². The van der Waals surface area contributed by atoms with Gasteiger partial charge < -0.3 is 14.6 Å². The predicted octanol–water partition coefficient (Wildman–Crippen LogP) is 3.48. The van der Waals surface area contributed by atoms with E-state index in [1.165, 1.54) is 19.2 Å². The minimum absolute atomic E-state index is 0.0200. The van der Waals surface area contributed by atoms with E-state index in [2.05, 4.69) is 5.32 Å². The Bertz CT molecular complexity index is 980. The van der Waals surface area contributed by atoms with Crippen LogP contribution in [0.25, 0.3) is 0 Å². The SMILES string of the molecule is CCCc1c(CC)cc(C(=O)N[C@H](C(=O)OC)C(C)C)c(=O)n1Cc1ccc(F)cc1. The first-order valence-electron chi connectivity index (χ1n) is 10.6. The quantitative estimate of drug-likeness (QED) is 0.618. The lowest BCUT2D eigenvalue weighted by molar-refractivity contribution is -0.144. The fraction of sp³-hybridized carbons (Fsp3) is 0.458. The second-order valence-electron chi connectivity index (χ2n) is 7.87. The molecule has 1 atom stereocenters. The fourth-order valence-electron chi connectivity index (χ4n) is 3.55. The lowest BCUT2D eigenvalue weighted by atomic mass is 10.0. The lowest BCUT2D eigenvalue weighted by Gasteiger charge is -2.22. The van der Waals surface area contributed by atoms with Gasteiger partial charge in [0.05, 0.1) is 13.7 Å². The van der Waals surface area contributed by atoms with E-state index in [4.69, 9.17) is 4.74 Å². The molecular formula is C24H31FN2O4. The lowest BCUT2D eigenvalue weighted by Crippen LogP contribution is -2.47. The van der Waals surface area contributed by atoms with Crippen molar-refractivity contribution in [1.82, 2.24) is 9.88 Å². The Morgan fingerprint density at radius 3 is 2.32 bits per heavy atom. The topological polar surface area (TPSA) is 77.4 Å². The summed E-state index contributed by atoms with van der Waals surface area (Å²) in [5.41, 5.74) is 2.07. The summed E-state index contributed by atoms with van der Waals surface area (Å²) in [5.74, 6) is -1.73. The molecule has 2 aromatic rings. The third-order valence-electron chi connectivity index (χ3n) is 5.27. The second kappa shape index (κ2) is 10.9. The third kappa shape index (κ3) is 5.81. The molecule has 0 radical (unpaired) electrons. The molecule has 6 nitrogen and oxygen atoms in total. The summed E-state index contributed by atoms with van der Waals surface area (Å²) in [6, 6.07) is 6.71. The number of carbonyl (C=O) groups excluding carboxylic acids is 2. The molecule has 2 rings (SSSR count). The van der Waals surface area contributed by atoms with Gasteiger partial charge in [-0.3, -0.25) is 9.59 Å². The molecule has 0 fully saturated rings. The molecule has 0 aliphatic carbocycles. The van der Waals surface area contributed by atoms with E-state index < -0.39 is 23.5 Å². The van der Waals surface area contributed by atoms with Crippen LogP contribution in [0, 0.1) is 11.7 Å². The van der Waals surface area contributed by atoms with Crippen molar-refractivity contribution in [2.75, 3.05) is 7.11 Å². The largest absolute Gasteiger partial charge is 0.467 e. The molecule has 7 heteroatoms. The number of nitrogens with one attached hydrogen (secondary N) is 1. The molecule has 0 saturated carbocycles. The smallest absolute Gasteiger partial charge is 0.328 e. The standard InChI is InChI=1S/C24H31FN2O4/c1-6-8-20-17(7-2)13-19(22(28)26-21(15(3)4)24(30)31-5)23(29)27(20)14-16-9-11-18(25)12-10-16/h9-13,15,21H,6-8,14H2,1-5H3,(H,26,28)/t21-/m0/s1. The zero-order valence-electron chi connectivity index (χ0n) is 18.8. The van der Waals surface area contributed by atoms with Crippen LogP contribution in [-0.4, -0.2) is 29.6 Å². The number of aryl methyl sites for hydroxylation is 1. The van der Waals surface area contributed by atoms with Crippen LogP contribution in [0.15, 0.2) is 35.1 Å². The van der Waals surface area contributed by atoms with Crippen molar-refractivity contribution < 1.29 is 18.7 Å². The molecule has 0 aliphatic heterocycles. The average Bonchev–Trinajstić information content (AvgIpc) is 2.75. The van der Waals surface area contributed by atoms with Gasteiger partial charge in [0.1, 0.15) is 17.4 Å². The first-order chi connectivity index (χ1) is 14.7. The van der Waals surface area contributed by atoms with E-state index in [9.17, 15) is 18.8 Å². The number of rotatable bonds is 9. The number of aromatic nitrogens is 1. The molecule has 1 aromatic heterocycles. The first kappa shape index (κ1) is 24.3. The Morgan fingerprint density at radius 2 is 1.81 bits per heavy atom. The summed E-state index contributed by atoms with van der Waals surface area (Å²) in [5, 5.41) is 2.65. The van der Waals surface area contributed by atoms with E-state index in [0.29, 0.717) is 12.8 Å². The van der Waals surface area contributed by atoms with Crippen molar-refractivity contribution >= 4 is 11.9 Å². The number of esters is 1. The van der Waals surface area contributed by atoms with Crippen LogP contribution in [0.5, 0.6) is 0 Å². The highest BCUT2D eigenvalue weighted by Crippen LogP contribution is 2.16. The summed E-state index contributed by atoms with van der Waals surface area (Å²) >= 11 is 0. The minimum atomic E-state index is -0.858. The highest BCUT2D eigenvalue weighted by Gasteiger charge is 2.27. The van der Waals surface area contributed by atoms with Gasteiger partial charge in [0.25, 0.3) is 11.5 Å². The normalized spacial score (nSPS) is 12.0. The summed E-state index contributed by atoms with van der Waals surface area (Å²) in [7, 11) is 1.26. The number of benzene rings is 1. The number of halogens is 1. The predicted molar refractivity (Wildman–Crippen MR) is 118 cm³/mol. The van der Waals surface area contributed by atoms with E-state index in [1.54, 1.807) is 36.6 Å². The Balaban J connectivity index is 2.55. The van der Waals surface area contributed by atoms with Gasteiger partial charge in [-0.05, 0) is 48.1 Å². The van der Waals surface area contributed by atoms with Crippen LogP contribution in [-0.2, 0) is 28.9 Å². The number of pyridine rings is 1. The Hall–Kier alpha value is -2.96. The number of hydrogen-bond donors (Lipinski definition) is 1. The van der Waals surface area contributed by atoms with Crippen LogP contribution in [0.4, 0.5) is 4.39 Å². The van der Waals surface area contributed by atoms with Gasteiger partial charge in [0, 0.05) is 5.69 Å². The molecule has 0 unspecified atom stereocenters. The van der Waals surface area contributed by atoms with Crippen LogP contribution in [0.3, 0.4) is 0 Å². The van der Waals surface area contributed by atoms with Gasteiger partial charge in [0.2, 0.25) is 0 Å². The molecule has 1 aromatic carbocycles. The molecule has 0 aliphatic rings. The van der Waals surface area contributed by atoms with E-state index >= 15 is 0 Å². The molecule has 168 valence electrons. The molecule has 0 bridgehead atoms. The molecule has 1 heterocycles. The maximum Gasteiger partial charge on any atom is 0.328 e. The van der Waals surface area contributed by atoms with Gasteiger partial charge in [0.15, 0.2) is 0 Å². The summed E-state index contributed by atoms with van der Waals surface area (Å²) in [4.78, 5) is 38.4. The van der Waals surface area contributed by atoms with Crippen LogP contribution >= 0.6 is 0 Å². The van der Waals surface area contributed by atoms with Crippen molar-refractivity contribution in [3.8, 4) is 0 Å². The average molecular weight is 431 g/mol. The van der Waals surface area contributed by atoms with Gasteiger partial charge in [-0.1, -0.05) is 46.2 Å². The maximum absolute atomic E-state index is 13.3. The molecule has 0 spiro atoms. The zero-order chi connectivity index (χ0) is 23.1. The summed E-state index contributed by atoms with van der Waals surface area (Å²) < 4.78 is 19.7. The first-order valence-corrected chi connectivity index (χ1v) is 10.6. The van der Waals surface area contributed by atoms with Gasteiger partial charge in [-0.15, -0.1) is 0 Å². The molecular weight excluding hydrogens is 399 g/mol. The molecule has 1 amide bonds. The maximum atomic E-state index is 13.3. The van der Waals surface area contributed by atoms with Crippen molar-refractivity contribution in [2.45, 2.75) is 59.5 Å². The van der Waals surface area contributed by atoms with Gasteiger partial charge >= 0.3 is 5.97 Å². The monoisotopic (exact) mass is 430 g/mol. The molecule has 1 N–H and O–H groups in total. The number of carbonyl (C=O) groups is 2. The zero-order valence-corrected chi connectivity index (χ0v) is 18.8. The second-order valence-corrected chi connectivity index (χ2v) is 7.87. The van der Waals surface area contributed by atoms with Crippen molar-refractivity contribution in [3.05, 3.63) is 68.9 Å². The van der Waals surface area contributed by atoms with Gasteiger partial charge in [-0.25, -0.2) is 9.18 Å².